The number of nitrogens with two attached hydrogens (primary N) is 1. The number of primary amides is 1. The molecule has 3 amide bonds. The summed E-state index contributed by atoms with van der Waals surface area (Å²) in [6.45, 7) is 3.71. The third-order valence-electron chi connectivity index (χ3n) is 3.60. The molecule has 0 aromatic carbocycles. The summed E-state index contributed by atoms with van der Waals surface area (Å²) >= 11 is 0. The third-order valence-corrected chi connectivity index (χ3v) is 3.60. The molecular formula is C13H24N6O5. The SMILES string of the molecule is CC(C)C[C@H](NC(=O)[C@@H]1CCCN1/[N+]([O-])=N/O)C(=O)NCC(N)=O. The molecule has 0 radical (unpaired) electrons. The number of hydrogen-bond donors (Lipinski definition) is 4. The van der Waals surface area contributed by atoms with Gasteiger partial charge in [-0.15, -0.1) is 5.01 Å². The van der Waals surface area contributed by atoms with Crippen LogP contribution in [-0.4, -0.2) is 58.1 Å². The monoisotopic (exact) mass is 344 g/mol. The van der Waals surface area contributed by atoms with Crippen molar-refractivity contribution in [3.05, 3.63) is 5.21 Å². The smallest absolute Gasteiger partial charge is 0.249 e. The average molecular weight is 344 g/mol. The summed E-state index contributed by atoms with van der Waals surface area (Å²) in [5.41, 5.74) is 4.99. The highest BCUT2D eigenvalue weighted by Crippen LogP contribution is 2.18. The van der Waals surface area contributed by atoms with Crippen LogP contribution in [-0.2, 0) is 14.4 Å². The zero-order chi connectivity index (χ0) is 18.3. The third kappa shape index (κ3) is 5.56. The van der Waals surface area contributed by atoms with Gasteiger partial charge in [-0.05, 0) is 25.2 Å². The first-order valence-corrected chi connectivity index (χ1v) is 7.71. The predicted molar refractivity (Wildman–Crippen MR) is 81.2 cm³/mol. The molecule has 1 heterocycles. The fourth-order valence-electron chi connectivity index (χ4n) is 2.54. The number of hydrogen-bond acceptors (Lipinski definition) is 5. The molecule has 1 aliphatic rings. The topological polar surface area (TPSA) is 163 Å². The van der Waals surface area contributed by atoms with E-state index < -0.39 is 29.8 Å². The standard InChI is InChI=1S/C13H24N6O5/c1-8(2)6-9(12(21)15-7-11(14)20)16-13(22)10-4-3-5-18(10)19(24)17-23/h8-10,23H,3-7H2,1-2H3,(H2,14,20)(H,15,21)(H,16,22)/b19-17-/t9-,10-/m0/s1. The van der Waals surface area contributed by atoms with Crippen LogP contribution in [0.5, 0.6) is 0 Å². The van der Waals surface area contributed by atoms with Crippen LogP contribution < -0.4 is 16.4 Å². The Morgan fingerprint density at radius 1 is 1.46 bits per heavy atom. The molecule has 1 saturated heterocycles. The summed E-state index contributed by atoms with van der Waals surface area (Å²) in [4.78, 5) is 35.3. The Morgan fingerprint density at radius 3 is 2.67 bits per heavy atom. The molecule has 1 aliphatic heterocycles. The second kappa shape index (κ2) is 8.89. The summed E-state index contributed by atoms with van der Waals surface area (Å²) in [5.74, 6) is -1.62. The molecule has 2 atom stereocenters. The van der Waals surface area contributed by atoms with E-state index in [1.165, 1.54) is 0 Å². The number of nitrogens with zero attached hydrogens (tertiary/aromatic N) is 3. The number of hydrazine groups is 1. The molecule has 1 fully saturated rings. The minimum absolute atomic E-state index is 0.0398. The van der Waals surface area contributed by atoms with Crippen LogP contribution >= 0.6 is 0 Å². The van der Waals surface area contributed by atoms with E-state index in [-0.39, 0.29) is 24.0 Å². The lowest BCUT2D eigenvalue weighted by atomic mass is 10.0. The van der Waals surface area contributed by atoms with Crippen molar-refractivity contribution >= 4 is 17.7 Å². The fraction of sp³-hybridized carbons (Fsp3) is 0.769. The molecular weight excluding hydrogens is 320 g/mol. The molecule has 0 unspecified atom stereocenters. The fourth-order valence-corrected chi connectivity index (χ4v) is 2.54. The van der Waals surface area contributed by atoms with E-state index in [9.17, 15) is 19.6 Å². The van der Waals surface area contributed by atoms with Gasteiger partial charge < -0.3 is 26.8 Å². The normalized spacial score (nSPS) is 19.2. The van der Waals surface area contributed by atoms with E-state index in [2.05, 4.69) is 15.9 Å². The van der Waals surface area contributed by atoms with Gasteiger partial charge in [0.1, 0.15) is 6.04 Å². The van der Waals surface area contributed by atoms with Gasteiger partial charge in [-0.25, -0.2) is 0 Å². The van der Waals surface area contributed by atoms with Crippen molar-refractivity contribution in [2.24, 2.45) is 16.9 Å². The Hall–Kier alpha value is -2.59. The lowest BCUT2D eigenvalue weighted by Crippen LogP contribution is -2.54. The van der Waals surface area contributed by atoms with Gasteiger partial charge in [0.15, 0.2) is 6.04 Å². The number of carbonyl (C=O) groups excluding carboxylic acids is 3. The van der Waals surface area contributed by atoms with Crippen LogP contribution in [0, 0.1) is 11.1 Å². The van der Waals surface area contributed by atoms with Gasteiger partial charge in [0, 0.05) is 0 Å². The lowest BCUT2D eigenvalue weighted by Gasteiger charge is -2.24. The quantitative estimate of drug-likeness (QED) is 0.247. The molecule has 24 heavy (non-hydrogen) atoms. The molecule has 11 heteroatoms. The van der Waals surface area contributed by atoms with E-state index >= 15 is 0 Å². The van der Waals surface area contributed by atoms with Crippen LogP contribution in [0.15, 0.2) is 5.28 Å². The second-order valence-corrected chi connectivity index (χ2v) is 6.04. The van der Waals surface area contributed by atoms with Crippen molar-refractivity contribution in [2.45, 2.75) is 45.2 Å². The van der Waals surface area contributed by atoms with Crippen molar-refractivity contribution in [1.29, 1.82) is 0 Å². The van der Waals surface area contributed by atoms with Gasteiger partial charge in [0.2, 0.25) is 23.0 Å². The summed E-state index contributed by atoms with van der Waals surface area (Å²) in [6, 6.07) is -1.68. The average Bonchev–Trinajstić information content (AvgIpc) is 3.00. The Labute approximate surface area is 139 Å². The first kappa shape index (κ1) is 19.5. The van der Waals surface area contributed by atoms with E-state index in [1.807, 2.05) is 13.8 Å². The van der Waals surface area contributed by atoms with Crippen LogP contribution in [0.3, 0.4) is 0 Å². The first-order valence-electron chi connectivity index (χ1n) is 7.71. The maximum atomic E-state index is 12.4. The predicted octanol–water partition coefficient (Wildman–Crippen LogP) is -1.15. The Kier molecular flexibility index (Phi) is 7.21. The highest BCUT2D eigenvalue weighted by Gasteiger charge is 2.38. The molecule has 0 spiro atoms. The van der Waals surface area contributed by atoms with Crippen molar-refractivity contribution in [3.8, 4) is 0 Å². The maximum Gasteiger partial charge on any atom is 0.249 e. The zero-order valence-corrected chi connectivity index (χ0v) is 13.8. The molecule has 0 aromatic rings. The van der Waals surface area contributed by atoms with Crippen molar-refractivity contribution in [3.63, 3.8) is 0 Å². The maximum absolute atomic E-state index is 12.4. The van der Waals surface area contributed by atoms with Crippen LogP contribution in [0.1, 0.15) is 33.1 Å². The van der Waals surface area contributed by atoms with E-state index in [0.29, 0.717) is 19.3 Å². The lowest BCUT2D eigenvalue weighted by molar-refractivity contribution is -0.710. The molecule has 1 rings (SSSR count). The van der Waals surface area contributed by atoms with Crippen molar-refractivity contribution < 1.29 is 24.6 Å². The van der Waals surface area contributed by atoms with Gasteiger partial charge in [-0.2, -0.15) is 0 Å². The molecule has 0 bridgehead atoms. The molecule has 0 saturated carbocycles. The van der Waals surface area contributed by atoms with Gasteiger partial charge in [-0.3, -0.25) is 14.4 Å². The van der Waals surface area contributed by atoms with E-state index in [4.69, 9.17) is 10.9 Å². The van der Waals surface area contributed by atoms with Gasteiger partial charge in [-0.1, -0.05) is 13.8 Å². The molecule has 0 aromatic heterocycles. The summed E-state index contributed by atoms with van der Waals surface area (Å²) in [6.07, 6.45) is 1.33. The molecule has 0 aliphatic carbocycles. The van der Waals surface area contributed by atoms with E-state index in [1.54, 1.807) is 0 Å². The Balaban J connectivity index is 2.76. The summed E-state index contributed by atoms with van der Waals surface area (Å²) in [7, 11) is 0. The Morgan fingerprint density at radius 2 is 2.12 bits per heavy atom. The molecule has 136 valence electrons. The van der Waals surface area contributed by atoms with E-state index in [0.717, 1.165) is 5.01 Å². The number of amides is 3. The second-order valence-electron chi connectivity index (χ2n) is 6.04. The number of carbonyl (C=O) groups is 3. The van der Waals surface area contributed by atoms with Gasteiger partial charge in [0.05, 0.1) is 18.1 Å². The highest BCUT2D eigenvalue weighted by atomic mass is 16.6. The molecule has 11 nitrogen and oxygen atoms in total. The Bertz CT molecular complexity index is 509. The first-order chi connectivity index (χ1) is 11.3. The molecule has 5 N–H and O–H groups in total. The summed E-state index contributed by atoms with van der Waals surface area (Å²) < 4.78 is 0. The van der Waals surface area contributed by atoms with Gasteiger partial charge in [0.25, 0.3) is 0 Å². The zero-order valence-electron chi connectivity index (χ0n) is 13.8. The number of nitrogens with one attached hydrogen (secondary N) is 2. The summed E-state index contributed by atoms with van der Waals surface area (Å²) in [5, 5.41) is 28.5. The van der Waals surface area contributed by atoms with Gasteiger partial charge >= 0.3 is 0 Å². The number of rotatable bonds is 8. The van der Waals surface area contributed by atoms with Crippen LogP contribution in [0.25, 0.3) is 0 Å². The minimum Gasteiger partial charge on any atom is -0.569 e. The van der Waals surface area contributed by atoms with Crippen molar-refractivity contribution in [1.82, 2.24) is 15.6 Å². The van der Waals surface area contributed by atoms with Crippen molar-refractivity contribution in [2.75, 3.05) is 13.1 Å². The highest BCUT2D eigenvalue weighted by molar-refractivity contribution is 5.91. The minimum atomic E-state index is -0.856. The van der Waals surface area contributed by atoms with Crippen LogP contribution in [0.4, 0.5) is 0 Å². The largest absolute Gasteiger partial charge is 0.569 e. The van der Waals surface area contributed by atoms with Crippen LogP contribution in [0.2, 0.25) is 0 Å².